The van der Waals surface area contributed by atoms with E-state index in [9.17, 15) is 26.4 Å². The Kier molecular flexibility index (Phi) is 15.8. The summed E-state index contributed by atoms with van der Waals surface area (Å²) in [7, 11) is -6.52. The average Bonchev–Trinajstić information content (AvgIpc) is 3.38. The number of benzene rings is 6. The molecule has 1 aliphatic heterocycles. The Morgan fingerprint density at radius 1 is 0.645 bits per heavy atom. The van der Waals surface area contributed by atoms with E-state index in [4.69, 9.17) is 23.7 Å². The highest BCUT2D eigenvalue weighted by Crippen LogP contribution is 2.44. The topological polar surface area (TPSA) is 238 Å². The molecule has 0 bridgehead atoms. The third-order valence-electron chi connectivity index (χ3n) is 12.5. The van der Waals surface area contributed by atoms with Crippen molar-refractivity contribution in [2.45, 2.75) is 71.3 Å². The van der Waals surface area contributed by atoms with E-state index in [1.165, 1.54) is 26.6 Å². The number of aromatic nitrogens is 2. The minimum Gasteiger partial charge on any atom is -0.492 e. The maximum absolute atomic E-state index is 14.6. The van der Waals surface area contributed by atoms with Gasteiger partial charge in [0, 0.05) is 46.6 Å². The summed E-state index contributed by atoms with van der Waals surface area (Å²) in [5, 5.41) is 14.3. The fourth-order valence-electron chi connectivity index (χ4n) is 8.62. The molecule has 21 heteroatoms. The fourth-order valence-corrected chi connectivity index (χ4v) is 11.3. The fraction of sp³-hybridized carbons (Fsp3) is 0.309. The van der Waals surface area contributed by atoms with Gasteiger partial charge in [0.1, 0.15) is 23.9 Å². The van der Waals surface area contributed by atoms with Gasteiger partial charge >= 0.3 is 12.1 Å². The van der Waals surface area contributed by atoms with Gasteiger partial charge in [0.05, 0.1) is 67.8 Å². The normalized spacial score (nSPS) is 13.4. The molecule has 1 saturated heterocycles. The van der Waals surface area contributed by atoms with Crippen LogP contribution in [0.2, 0.25) is 0 Å². The van der Waals surface area contributed by atoms with Crippen LogP contribution in [0.1, 0.15) is 65.5 Å². The molecular formula is C55H62N8O11S2. The summed E-state index contributed by atoms with van der Waals surface area (Å²) >= 11 is 0. The number of amides is 4. The summed E-state index contributed by atoms with van der Waals surface area (Å²) in [6.07, 6.45) is 5.31. The van der Waals surface area contributed by atoms with E-state index in [1.54, 1.807) is 54.7 Å². The monoisotopic (exact) mass is 1070 g/mol. The average molecular weight is 1080 g/mol. The second-order valence-corrected chi connectivity index (χ2v) is 23.8. The highest BCUT2D eigenvalue weighted by Gasteiger charge is 2.33. The Morgan fingerprint density at radius 2 is 1.14 bits per heavy atom. The predicted octanol–water partition coefficient (Wildman–Crippen LogP) is 11.2. The molecule has 0 unspecified atom stereocenters. The van der Waals surface area contributed by atoms with Crippen LogP contribution in [0.15, 0.2) is 116 Å². The van der Waals surface area contributed by atoms with Crippen molar-refractivity contribution in [3.05, 3.63) is 127 Å². The molecule has 1 aromatic heterocycles. The SMILES string of the molecule is COc1c(NC(=O)Nc2ccc(Oc3ccncn3)c3ccccc23)cc(C(C)(C)C)cc1NS(=O)(=O)CN(c1cc(C(C)(C)C)cc(NC(=O)Nc2ccc(OC3CCOCC3)c3ccccc23)c1OC)S(C)(=O)=O. The zero-order valence-corrected chi connectivity index (χ0v) is 45.4. The Bertz CT molecular complexity index is 3530. The Balaban J connectivity index is 1.08. The standard InChI is InChI=1S/C55H62N8O11S2/c1-54(2,3)34-28-43(60-52(64)58-42-19-21-48(40-17-13-11-15-38(40)42)74-49-22-25-56-32-57-49)50(70-7)45(30-34)62-76(68,69)33-63(75(9,66)67)46-31-35(55(4,5)6)29-44(51(46)71-8)61-53(65)59-41-18-20-47(39-16-12-10-14-37(39)41)73-36-23-26-72-27-24-36/h10-22,25,28-32,36,62H,23-24,26-27,33H2,1-9H3,(H2,58,60,64)(H2,59,61,65). The van der Waals surface area contributed by atoms with Gasteiger partial charge < -0.3 is 45.0 Å². The number of rotatable bonds is 16. The van der Waals surface area contributed by atoms with E-state index in [1.807, 2.05) is 90.1 Å². The molecular weight excluding hydrogens is 1010 g/mol. The van der Waals surface area contributed by atoms with E-state index in [-0.39, 0.29) is 40.4 Å². The summed E-state index contributed by atoms with van der Waals surface area (Å²) in [4.78, 5) is 36.0. The van der Waals surface area contributed by atoms with Gasteiger partial charge in [0.15, 0.2) is 17.4 Å². The van der Waals surface area contributed by atoms with Crippen molar-refractivity contribution in [3.8, 4) is 28.9 Å². The van der Waals surface area contributed by atoms with Crippen LogP contribution in [-0.4, -0.2) is 84.5 Å². The van der Waals surface area contributed by atoms with Crippen molar-refractivity contribution in [1.82, 2.24) is 9.97 Å². The zero-order chi connectivity index (χ0) is 54.6. The minimum atomic E-state index is -4.69. The molecule has 6 aromatic carbocycles. The number of urea groups is 2. The van der Waals surface area contributed by atoms with Crippen molar-refractivity contribution in [2.75, 3.05) is 69.9 Å². The van der Waals surface area contributed by atoms with E-state index in [0.29, 0.717) is 68.2 Å². The summed E-state index contributed by atoms with van der Waals surface area (Å²) < 4.78 is 89.7. The molecule has 0 aliphatic carbocycles. The number of ether oxygens (including phenoxy) is 5. The highest BCUT2D eigenvalue weighted by atomic mass is 32.2. The first-order valence-corrected chi connectivity index (χ1v) is 27.8. The molecule has 400 valence electrons. The number of hydrogen-bond acceptors (Lipinski definition) is 13. The number of carbonyl (C=O) groups is 2. The lowest BCUT2D eigenvalue weighted by molar-refractivity contribution is 0.0262. The van der Waals surface area contributed by atoms with Crippen LogP contribution in [0.25, 0.3) is 21.5 Å². The number of anilines is 6. The number of hydrogen-bond donors (Lipinski definition) is 5. The molecule has 76 heavy (non-hydrogen) atoms. The van der Waals surface area contributed by atoms with Gasteiger partial charge in [-0.2, -0.15) is 0 Å². The van der Waals surface area contributed by atoms with E-state index in [2.05, 4.69) is 36.0 Å². The predicted molar refractivity (Wildman–Crippen MR) is 298 cm³/mol. The lowest BCUT2D eigenvalue weighted by atomic mass is 9.86. The summed E-state index contributed by atoms with van der Waals surface area (Å²) in [5.41, 5.74) is 0.750. The lowest BCUT2D eigenvalue weighted by Gasteiger charge is -2.29. The molecule has 1 fully saturated rings. The summed E-state index contributed by atoms with van der Waals surface area (Å²) in [6.45, 7) is 12.6. The molecule has 5 N–H and O–H groups in total. The van der Waals surface area contributed by atoms with E-state index in [0.717, 1.165) is 29.9 Å². The minimum absolute atomic E-state index is 0.0108. The highest BCUT2D eigenvalue weighted by molar-refractivity contribution is 7.96. The molecule has 0 atom stereocenters. The van der Waals surface area contributed by atoms with Crippen molar-refractivity contribution >= 4 is 87.8 Å². The zero-order valence-electron chi connectivity index (χ0n) is 43.7. The maximum Gasteiger partial charge on any atom is 0.323 e. The van der Waals surface area contributed by atoms with Crippen molar-refractivity contribution in [2.24, 2.45) is 0 Å². The molecule has 0 radical (unpaired) electrons. The van der Waals surface area contributed by atoms with Crippen molar-refractivity contribution in [1.29, 1.82) is 0 Å². The molecule has 0 spiro atoms. The van der Waals surface area contributed by atoms with Gasteiger partial charge in [-0.1, -0.05) is 90.1 Å². The molecule has 4 amide bonds. The number of nitrogens with zero attached hydrogens (tertiary/aromatic N) is 3. The van der Waals surface area contributed by atoms with Gasteiger partial charge in [0.2, 0.25) is 15.9 Å². The van der Waals surface area contributed by atoms with Crippen LogP contribution in [-0.2, 0) is 35.6 Å². The second-order valence-electron chi connectivity index (χ2n) is 20.2. The number of nitrogens with one attached hydrogen (secondary N) is 5. The third-order valence-corrected chi connectivity index (χ3v) is 14.9. The second kappa shape index (κ2) is 22.1. The van der Waals surface area contributed by atoms with Crippen LogP contribution in [0, 0.1) is 0 Å². The summed E-state index contributed by atoms with van der Waals surface area (Å²) in [5.74, 6) is 0.168. The van der Waals surface area contributed by atoms with Crippen LogP contribution in [0.4, 0.5) is 43.7 Å². The van der Waals surface area contributed by atoms with E-state index >= 15 is 0 Å². The number of methoxy groups -OCH3 is 2. The number of carbonyl (C=O) groups excluding carboxylic acids is 2. The van der Waals surface area contributed by atoms with Gasteiger partial charge in [0.25, 0.3) is 10.0 Å². The first-order valence-electron chi connectivity index (χ1n) is 24.3. The molecule has 8 rings (SSSR count). The Morgan fingerprint density at radius 3 is 1.67 bits per heavy atom. The van der Waals surface area contributed by atoms with Gasteiger partial charge in [-0.15, -0.1) is 0 Å². The first kappa shape index (κ1) is 54.4. The van der Waals surface area contributed by atoms with Gasteiger partial charge in [-0.05, 0) is 70.5 Å². The van der Waals surface area contributed by atoms with Crippen LogP contribution in [0.3, 0.4) is 0 Å². The van der Waals surface area contributed by atoms with Crippen LogP contribution >= 0.6 is 0 Å². The van der Waals surface area contributed by atoms with Gasteiger partial charge in [-0.3, -0.25) is 4.72 Å². The Hall–Kier alpha value is -7.88. The Labute approximate surface area is 442 Å². The molecule has 2 heterocycles. The van der Waals surface area contributed by atoms with Crippen LogP contribution < -0.4 is 49.2 Å². The lowest BCUT2D eigenvalue weighted by Crippen LogP contribution is -2.38. The molecule has 7 aromatic rings. The van der Waals surface area contributed by atoms with Crippen molar-refractivity contribution < 1.29 is 50.1 Å². The third kappa shape index (κ3) is 12.8. The summed E-state index contributed by atoms with van der Waals surface area (Å²) in [6, 6.07) is 28.4. The van der Waals surface area contributed by atoms with Gasteiger partial charge in [-0.25, -0.2) is 40.7 Å². The number of fused-ring (bicyclic) bond motifs is 2. The molecule has 0 saturated carbocycles. The smallest absolute Gasteiger partial charge is 0.323 e. The van der Waals surface area contributed by atoms with Crippen LogP contribution in [0.5, 0.6) is 28.9 Å². The largest absolute Gasteiger partial charge is 0.492 e. The maximum atomic E-state index is 14.6. The van der Waals surface area contributed by atoms with Crippen molar-refractivity contribution in [3.63, 3.8) is 0 Å². The number of sulfonamides is 2. The first-order chi connectivity index (χ1) is 36.0. The van der Waals surface area contributed by atoms with E-state index < -0.39 is 48.8 Å². The quantitative estimate of drug-likeness (QED) is 0.0606. The molecule has 1 aliphatic rings. The molecule has 19 nitrogen and oxygen atoms in total.